The van der Waals surface area contributed by atoms with Gasteiger partial charge in [0.25, 0.3) is 0 Å². The summed E-state index contributed by atoms with van der Waals surface area (Å²) in [4.78, 5) is 14.6. The van der Waals surface area contributed by atoms with Gasteiger partial charge in [0.2, 0.25) is 0 Å². The first-order valence-corrected chi connectivity index (χ1v) is 9.09. The molecule has 25 heavy (non-hydrogen) atoms. The topological polar surface area (TPSA) is 70.9 Å². The second kappa shape index (κ2) is 7.94. The van der Waals surface area contributed by atoms with Gasteiger partial charge in [0.1, 0.15) is 6.33 Å². The second-order valence-corrected chi connectivity index (χ2v) is 8.54. The fraction of sp³-hybridized carbons (Fsp3) is 0.556. The number of benzene rings is 1. The Bertz CT molecular complexity index is 764. The number of hydrogen-bond donors (Lipinski definition) is 2. The lowest BCUT2D eigenvalue weighted by atomic mass is 9.81. The summed E-state index contributed by atoms with van der Waals surface area (Å²) < 4.78 is 1.34. The molecule has 138 valence electrons. The van der Waals surface area contributed by atoms with Crippen molar-refractivity contribution in [1.82, 2.24) is 14.8 Å². The molecule has 7 heteroatoms. The summed E-state index contributed by atoms with van der Waals surface area (Å²) in [6, 6.07) is 5.04. The van der Waals surface area contributed by atoms with Crippen molar-refractivity contribution in [3.8, 4) is 0 Å². The van der Waals surface area contributed by atoms with E-state index in [4.69, 9.17) is 23.2 Å². The monoisotopic (exact) mass is 385 g/mol. The number of halogens is 2. The van der Waals surface area contributed by atoms with Crippen LogP contribution in [0.5, 0.6) is 0 Å². The highest BCUT2D eigenvalue weighted by molar-refractivity contribution is 6.35. The molecule has 0 unspecified atom stereocenters. The predicted octanol–water partition coefficient (Wildman–Crippen LogP) is 4.10. The fourth-order valence-electron chi connectivity index (χ4n) is 3.00. The molecule has 5 nitrogen and oxygen atoms in total. The van der Waals surface area contributed by atoms with E-state index in [1.54, 1.807) is 6.07 Å². The van der Waals surface area contributed by atoms with E-state index in [0.29, 0.717) is 16.5 Å². The summed E-state index contributed by atoms with van der Waals surface area (Å²) in [6.45, 7) is 7.92. The summed E-state index contributed by atoms with van der Waals surface area (Å²) >= 11 is 12.2. The highest BCUT2D eigenvalue weighted by Gasteiger charge is 2.34. The van der Waals surface area contributed by atoms with Crippen LogP contribution in [0.2, 0.25) is 10.0 Å². The van der Waals surface area contributed by atoms with Gasteiger partial charge in [-0.1, -0.05) is 57.0 Å². The van der Waals surface area contributed by atoms with E-state index in [1.807, 2.05) is 32.9 Å². The highest BCUT2D eigenvalue weighted by atomic mass is 35.5. The Morgan fingerprint density at radius 2 is 2.00 bits per heavy atom. The van der Waals surface area contributed by atoms with Crippen LogP contribution >= 0.6 is 23.2 Å². The first-order chi connectivity index (χ1) is 11.6. The van der Waals surface area contributed by atoms with Gasteiger partial charge in [-0.05, 0) is 41.9 Å². The maximum atomic E-state index is 12.0. The van der Waals surface area contributed by atoms with Gasteiger partial charge in [-0.15, -0.1) is 0 Å². The normalized spacial score (nSPS) is 15.8. The maximum Gasteiger partial charge on any atom is 0.343 e. The van der Waals surface area contributed by atoms with Crippen LogP contribution in [-0.4, -0.2) is 26.0 Å². The molecule has 2 rings (SSSR count). The minimum atomic E-state index is -0.711. The molecule has 0 amide bonds. The SMILES string of the molecule is C[C@H](Cc1ccc(Cl)cc1Cl)C[C@H]([C@@H](O)C(C)(C)C)n1nc[nH]c1=O. The molecule has 2 N–H and O–H groups in total. The van der Waals surface area contributed by atoms with Gasteiger partial charge < -0.3 is 5.11 Å². The van der Waals surface area contributed by atoms with Gasteiger partial charge in [-0.3, -0.25) is 4.98 Å². The third kappa shape index (κ3) is 5.09. The minimum Gasteiger partial charge on any atom is -0.390 e. The molecule has 0 radical (unpaired) electrons. The Morgan fingerprint density at radius 1 is 1.32 bits per heavy atom. The quantitative estimate of drug-likeness (QED) is 0.786. The molecule has 2 aromatic rings. The third-order valence-electron chi connectivity index (χ3n) is 4.37. The zero-order valence-corrected chi connectivity index (χ0v) is 16.5. The molecule has 1 aromatic heterocycles. The number of aromatic nitrogens is 3. The number of nitrogens with zero attached hydrogens (tertiary/aromatic N) is 2. The number of aliphatic hydroxyl groups excluding tert-OH is 1. The first kappa shape index (κ1) is 20.0. The van der Waals surface area contributed by atoms with Gasteiger partial charge in [0, 0.05) is 10.0 Å². The van der Waals surface area contributed by atoms with Gasteiger partial charge >= 0.3 is 5.69 Å². The first-order valence-electron chi connectivity index (χ1n) is 8.33. The average molecular weight is 386 g/mol. The standard InChI is InChI=1S/C18H25Cl2N3O2/c1-11(7-12-5-6-13(19)9-14(12)20)8-15(16(24)18(2,3)4)23-17(25)21-10-22-23/h5-6,9-11,15-16,24H,7-8H2,1-4H3,(H,21,22,25)/t11-,15-,16-/m1/s1. The predicted molar refractivity (Wildman–Crippen MR) is 101 cm³/mol. The fourth-order valence-corrected chi connectivity index (χ4v) is 3.48. The van der Waals surface area contributed by atoms with E-state index in [1.165, 1.54) is 11.0 Å². The van der Waals surface area contributed by atoms with Gasteiger partial charge in [0.15, 0.2) is 0 Å². The van der Waals surface area contributed by atoms with Gasteiger partial charge in [-0.2, -0.15) is 5.10 Å². The van der Waals surface area contributed by atoms with Crippen molar-refractivity contribution in [2.24, 2.45) is 11.3 Å². The van der Waals surface area contributed by atoms with E-state index in [0.717, 1.165) is 12.0 Å². The molecule has 0 saturated heterocycles. The van der Waals surface area contributed by atoms with Crippen molar-refractivity contribution in [3.05, 3.63) is 50.6 Å². The Labute approximate surface area is 158 Å². The lowest BCUT2D eigenvalue weighted by molar-refractivity contribution is 0.00321. The largest absolute Gasteiger partial charge is 0.390 e. The molecule has 3 atom stereocenters. The Balaban J connectivity index is 2.21. The van der Waals surface area contributed by atoms with E-state index < -0.39 is 12.1 Å². The number of hydrogen-bond acceptors (Lipinski definition) is 3. The van der Waals surface area contributed by atoms with Crippen molar-refractivity contribution in [2.75, 3.05) is 0 Å². The molecule has 0 fully saturated rings. The van der Waals surface area contributed by atoms with Crippen molar-refractivity contribution in [3.63, 3.8) is 0 Å². The lowest BCUT2D eigenvalue weighted by Gasteiger charge is -2.34. The summed E-state index contributed by atoms with van der Waals surface area (Å²) in [5.74, 6) is 0.185. The van der Waals surface area contributed by atoms with Gasteiger partial charge in [0.05, 0.1) is 12.1 Å². The summed E-state index contributed by atoms with van der Waals surface area (Å²) in [6.07, 6.45) is 1.97. The number of rotatable bonds is 6. The second-order valence-electron chi connectivity index (χ2n) is 7.70. The zero-order chi connectivity index (χ0) is 18.8. The maximum absolute atomic E-state index is 12.0. The molecule has 0 bridgehead atoms. The molecule has 1 heterocycles. The molecule has 0 aliphatic heterocycles. The van der Waals surface area contributed by atoms with Crippen molar-refractivity contribution < 1.29 is 5.11 Å². The molecule has 0 saturated carbocycles. The number of aliphatic hydroxyl groups is 1. The van der Waals surface area contributed by atoms with Crippen LogP contribution in [0, 0.1) is 11.3 Å². The zero-order valence-electron chi connectivity index (χ0n) is 15.0. The van der Waals surface area contributed by atoms with Crippen molar-refractivity contribution in [2.45, 2.75) is 52.7 Å². The highest BCUT2D eigenvalue weighted by Crippen LogP contribution is 2.33. The van der Waals surface area contributed by atoms with Crippen LogP contribution in [0.3, 0.4) is 0 Å². The Morgan fingerprint density at radius 3 is 2.52 bits per heavy atom. The van der Waals surface area contributed by atoms with Crippen LogP contribution in [0.15, 0.2) is 29.3 Å². The molecular formula is C18H25Cl2N3O2. The van der Waals surface area contributed by atoms with E-state index in [-0.39, 0.29) is 17.0 Å². The van der Waals surface area contributed by atoms with E-state index in [9.17, 15) is 9.90 Å². The molecule has 0 aliphatic carbocycles. The smallest absolute Gasteiger partial charge is 0.343 e. The van der Waals surface area contributed by atoms with Crippen LogP contribution in [0.4, 0.5) is 0 Å². The molecule has 0 aliphatic rings. The van der Waals surface area contributed by atoms with Crippen molar-refractivity contribution in [1.29, 1.82) is 0 Å². The Kier molecular flexibility index (Phi) is 6.35. The summed E-state index contributed by atoms with van der Waals surface area (Å²) in [5.41, 5.74) is 0.308. The summed E-state index contributed by atoms with van der Waals surface area (Å²) in [7, 11) is 0. The lowest BCUT2D eigenvalue weighted by Crippen LogP contribution is -2.40. The van der Waals surface area contributed by atoms with E-state index in [2.05, 4.69) is 17.0 Å². The van der Waals surface area contributed by atoms with E-state index >= 15 is 0 Å². The van der Waals surface area contributed by atoms with Gasteiger partial charge in [-0.25, -0.2) is 9.48 Å². The van der Waals surface area contributed by atoms with Crippen molar-refractivity contribution >= 4 is 23.2 Å². The Hall–Kier alpha value is -1.30. The van der Waals surface area contributed by atoms with Crippen LogP contribution in [-0.2, 0) is 6.42 Å². The molecular weight excluding hydrogens is 361 g/mol. The number of aromatic amines is 1. The molecule has 0 spiro atoms. The van der Waals surface area contributed by atoms with Crippen LogP contribution in [0.25, 0.3) is 0 Å². The number of nitrogens with one attached hydrogen (secondary N) is 1. The van der Waals surface area contributed by atoms with Crippen LogP contribution < -0.4 is 5.69 Å². The van der Waals surface area contributed by atoms with Crippen LogP contribution in [0.1, 0.15) is 45.7 Å². The average Bonchev–Trinajstić information content (AvgIpc) is 2.92. The third-order valence-corrected chi connectivity index (χ3v) is 4.96. The minimum absolute atomic E-state index is 0.185. The molecule has 1 aromatic carbocycles. The summed E-state index contributed by atoms with van der Waals surface area (Å²) in [5, 5.41) is 16.1. The number of H-pyrrole nitrogens is 1.